The van der Waals surface area contributed by atoms with E-state index < -0.39 is 0 Å². The molecular formula is C12H12ClNOSe. The summed E-state index contributed by atoms with van der Waals surface area (Å²) in [7, 11) is 0. The van der Waals surface area contributed by atoms with Crippen LogP contribution in [0.3, 0.4) is 0 Å². The molecule has 16 heavy (non-hydrogen) atoms. The Balaban J connectivity index is 1.76. The van der Waals surface area contributed by atoms with Gasteiger partial charge in [0.05, 0.1) is 0 Å². The van der Waals surface area contributed by atoms with E-state index in [2.05, 4.69) is 29.6 Å². The van der Waals surface area contributed by atoms with Crippen LogP contribution in [0.2, 0.25) is 4.82 Å². The fourth-order valence-electron chi connectivity index (χ4n) is 2.47. The van der Waals surface area contributed by atoms with Crippen LogP contribution >= 0.6 is 11.6 Å². The third kappa shape index (κ3) is 1.67. The minimum atomic E-state index is 0.0407. The SMILES string of the molecule is O=C1N[C@H]2C[C@@H]1[C@H](Cl)[C@H]2[Se]c1ccccc1. The van der Waals surface area contributed by atoms with Gasteiger partial charge in [0.1, 0.15) is 0 Å². The summed E-state index contributed by atoms with van der Waals surface area (Å²) in [6, 6.07) is 10.8. The minimum absolute atomic E-state index is 0.0407. The Hall–Kier alpha value is -0.501. The van der Waals surface area contributed by atoms with Crippen molar-refractivity contribution in [3.05, 3.63) is 30.3 Å². The Bertz CT molecular complexity index is 409. The van der Waals surface area contributed by atoms with Crippen molar-refractivity contribution >= 4 is 36.9 Å². The molecule has 3 rings (SSSR count). The molecule has 0 aromatic heterocycles. The van der Waals surface area contributed by atoms with Gasteiger partial charge in [0.15, 0.2) is 0 Å². The molecule has 4 atom stereocenters. The number of piperidine rings is 1. The zero-order valence-corrected chi connectivity index (χ0v) is 11.1. The fraction of sp³-hybridized carbons (Fsp3) is 0.417. The van der Waals surface area contributed by atoms with Crippen LogP contribution in [0.1, 0.15) is 6.42 Å². The zero-order chi connectivity index (χ0) is 11.1. The van der Waals surface area contributed by atoms with Crippen LogP contribution in [-0.4, -0.2) is 32.3 Å². The molecule has 84 valence electrons. The number of hydrogen-bond acceptors (Lipinski definition) is 1. The molecule has 1 aromatic rings. The predicted octanol–water partition coefficient (Wildman–Crippen LogP) is 0.930. The van der Waals surface area contributed by atoms with E-state index in [-0.39, 0.29) is 17.2 Å². The number of amides is 1. The Kier molecular flexibility index (Phi) is 2.70. The normalized spacial score (nSPS) is 36.4. The molecule has 1 aromatic carbocycles. The third-order valence-electron chi connectivity index (χ3n) is 3.28. The van der Waals surface area contributed by atoms with Gasteiger partial charge in [-0.05, 0) is 0 Å². The van der Waals surface area contributed by atoms with Gasteiger partial charge < -0.3 is 0 Å². The van der Waals surface area contributed by atoms with Crippen molar-refractivity contribution in [2.75, 3.05) is 0 Å². The van der Waals surface area contributed by atoms with Crippen molar-refractivity contribution in [2.45, 2.75) is 22.7 Å². The van der Waals surface area contributed by atoms with Crippen LogP contribution in [0.5, 0.6) is 0 Å². The summed E-state index contributed by atoms with van der Waals surface area (Å²) in [6.07, 6.45) is 0.937. The predicted molar refractivity (Wildman–Crippen MR) is 65.3 cm³/mol. The second-order valence-corrected chi connectivity index (χ2v) is 7.43. The van der Waals surface area contributed by atoms with Gasteiger partial charge in [0.2, 0.25) is 0 Å². The Morgan fingerprint density at radius 3 is 2.69 bits per heavy atom. The molecule has 1 saturated heterocycles. The Morgan fingerprint density at radius 2 is 2.06 bits per heavy atom. The summed E-state index contributed by atoms with van der Waals surface area (Å²) in [4.78, 5) is 11.9. The number of alkyl halides is 1. The number of rotatable bonds is 2. The fourth-order valence-corrected chi connectivity index (χ4v) is 5.84. The summed E-state index contributed by atoms with van der Waals surface area (Å²) < 4.78 is 1.37. The summed E-state index contributed by atoms with van der Waals surface area (Å²) in [5, 5.41) is 3.09. The van der Waals surface area contributed by atoms with Gasteiger partial charge in [0.25, 0.3) is 0 Å². The average Bonchev–Trinajstić information content (AvgIpc) is 2.80. The van der Waals surface area contributed by atoms with Crippen LogP contribution in [0.4, 0.5) is 0 Å². The molecule has 1 saturated carbocycles. The number of nitrogens with one attached hydrogen (secondary N) is 1. The van der Waals surface area contributed by atoms with E-state index in [9.17, 15) is 4.79 Å². The number of hydrogen-bond donors (Lipinski definition) is 1. The van der Waals surface area contributed by atoms with Gasteiger partial charge in [-0.25, -0.2) is 0 Å². The molecule has 1 heterocycles. The molecule has 1 amide bonds. The van der Waals surface area contributed by atoms with Crippen LogP contribution < -0.4 is 9.78 Å². The van der Waals surface area contributed by atoms with Crippen LogP contribution in [-0.2, 0) is 4.79 Å². The van der Waals surface area contributed by atoms with E-state index in [0.717, 1.165) is 6.42 Å². The maximum atomic E-state index is 11.5. The van der Waals surface area contributed by atoms with E-state index in [4.69, 9.17) is 11.6 Å². The average molecular weight is 301 g/mol. The number of carbonyl (C=O) groups excluding carboxylic acids is 1. The molecule has 1 N–H and O–H groups in total. The first-order valence-electron chi connectivity index (χ1n) is 5.42. The molecule has 0 spiro atoms. The first kappa shape index (κ1) is 10.6. The van der Waals surface area contributed by atoms with Gasteiger partial charge in [-0.15, -0.1) is 0 Å². The molecule has 0 radical (unpaired) electrons. The van der Waals surface area contributed by atoms with E-state index in [1.165, 1.54) is 4.46 Å². The van der Waals surface area contributed by atoms with Crippen molar-refractivity contribution in [1.29, 1.82) is 0 Å². The molecule has 4 heteroatoms. The molecule has 2 fully saturated rings. The van der Waals surface area contributed by atoms with Crippen LogP contribution in [0.25, 0.3) is 0 Å². The van der Waals surface area contributed by atoms with E-state index in [1.807, 2.05) is 6.07 Å². The second-order valence-electron chi connectivity index (χ2n) is 4.30. The van der Waals surface area contributed by atoms with Gasteiger partial charge in [-0.3, -0.25) is 0 Å². The summed E-state index contributed by atoms with van der Waals surface area (Å²) in [5.41, 5.74) is 0. The topological polar surface area (TPSA) is 29.1 Å². The number of carbonyl (C=O) groups is 1. The first-order valence-corrected chi connectivity index (χ1v) is 7.70. The molecule has 2 bridgehead atoms. The Morgan fingerprint density at radius 1 is 1.31 bits per heavy atom. The summed E-state index contributed by atoms with van der Waals surface area (Å²) >= 11 is 6.74. The van der Waals surface area contributed by atoms with Crippen molar-refractivity contribution in [1.82, 2.24) is 5.32 Å². The number of fused-ring (bicyclic) bond motifs is 2. The molecule has 0 unspecified atom stereocenters. The van der Waals surface area contributed by atoms with Crippen molar-refractivity contribution in [2.24, 2.45) is 5.92 Å². The number of halogens is 1. The summed E-state index contributed by atoms with van der Waals surface area (Å²) in [5.74, 6) is 0.215. The second kappa shape index (κ2) is 4.06. The van der Waals surface area contributed by atoms with Crippen molar-refractivity contribution < 1.29 is 4.79 Å². The molecule has 1 aliphatic heterocycles. The zero-order valence-electron chi connectivity index (χ0n) is 8.60. The van der Waals surface area contributed by atoms with Gasteiger partial charge in [-0.2, -0.15) is 0 Å². The van der Waals surface area contributed by atoms with Gasteiger partial charge in [-0.1, -0.05) is 0 Å². The van der Waals surface area contributed by atoms with Gasteiger partial charge >= 0.3 is 106 Å². The van der Waals surface area contributed by atoms with Crippen molar-refractivity contribution in [3.63, 3.8) is 0 Å². The molecule has 2 nitrogen and oxygen atoms in total. The van der Waals surface area contributed by atoms with Crippen molar-refractivity contribution in [3.8, 4) is 0 Å². The molecular weight excluding hydrogens is 289 g/mol. The third-order valence-corrected chi connectivity index (χ3v) is 7.21. The summed E-state index contributed by atoms with van der Waals surface area (Å²) in [6.45, 7) is 0. The maximum absolute atomic E-state index is 11.5. The number of benzene rings is 1. The standard InChI is InChI=1S/C12H12ClNOSe/c13-10-8-6-9(14-12(8)15)11(10)16-7-4-2-1-3-5-7/h1-5,8-11H,6H2,(H,14,15)/t8-,9+,10+,11+/m1/s1. The molecule has 2 aliphatic rings. The van der Waals surface area contributed by atoms with Crippen LogP contribution in [0, 0.1) is 5.92 Å². The van der Waals surface area contributed by atoms with E-state index >= 15 is 0 Å². The van der Waals surface area contributed by atoms with Gasteiger partial charge in [0, 0.05) is 0 Å². The van der Waals surface area contributed by atoms with E-state index in [1.54, 1.807) is 0 Å². The quantitative estimate of drug-likeness (QED) is 0.639. The first-order chi connectivity index (χ1) is 7.75. The monoisotopic (exact) mass is 301 g/mol. The molecule has 1 aliphatic carbocycles. The van der Waals surface area contributed by atoms with Crippen LogP contribution in [0.15, 0.2) is 30.3 Å². The van der Waals surface area contributed by atoms with E-state index in [0.29, 0.717) is 25.8 Å². The Labute approximate surface area is 106 Å².